The molecule has 0 aliphatic carbocycles. The van der Waals surface area contributed by atoms with Gasteiger partial charge in [-0.3, -0.25) is 9.69 Å². The van der Waals surface area contributed by atoms with Crippen LogP contribution in [0.25, 0.3) is 0 Å². The van der Waals surface area contributed by atoms with Crippen LogP contribution < -0.4 is 5.32 Å². The first-order valence-electron chi connectivity index (χ1n) is 7.96. The molecule has 5 heteroatoms. The van der Waals surface area contributed by atoms with Crippen molar-refractivity contribution in [1.82, 2.24) is 10.2 Å². The number of carbonyl (C=O) groups is 1. The summed E-state index contributed by atoms with van der Waals surface area (Å²) in [5.74, 6) is -0.128. The van der Waals surface area contributed by atoms with Gasteiger partial charge in [0.15, 0.2) is 0 Å². The second kappa shape index (κ2) is 7.14. The molecule has 0 saturated carbocycles. The highest BCUT2D eigenvalue weighted by atomic mass is 35.5. The van der Waals surface area contributed by atoms with E-state index in [-0.39, 0.29) is 11.9 Å². The zero-order valence-electron chi connectivity index (χ0n) is 13.8. The molecule has 1 amide bonds. The maximum absolute atomic E-state index is 12.3. The van der Waals surface area contributed by atoms with Crippen molar-refractivity contribution in [1.29, 1.82) is 0 Å². The maximum Gasteiger partial charge on any atom is 0.251 e. The van der Waals surface area contributed by atoms with E-state index in [1.807, 2.05) is 0 Å². The zero-order valence-corrected chi connectivity index (χ0v) is 15.3. The third-order valence-corrected chi connectivity index (χ3v) is 5.28. The number of carbonyl (C=O) groups excluding carboxylic acids is 1. The fourth-order valence-corrected chi connectivity index (χ4v) is 3.38. The molecule has 0 unspecified atom stereocenters. The molecular weight excluding hydrogens is 343 g/mol. The number of aryl methyl sites for hydroxylation is 1. The molecule has 0 radical (unpaired) electrons. The molecule has 1 atom stereocenters. The van der Waals surface area contributed by atoms with Crippen molar-refractivity contribution in [2.75, 3.05) is 13.6 Å². The summed E-state index contributed by atoms with van der Waals surface area (Å²) in [6, 6.07) is 11.8. The molecule has 0 bridgehead atoms. The average molecular weight is 363 g/mol. The minimum absolute atomic E-state index is 0.128. The predicted octanol–water partition coefficient (Wildman–Crippen LogP) is 4.09. The Labute approximate surface area is 152 Å². The van der Waals surface area contributed by atoms with Crippen LogP contribution in [-0.4, -0.2) is 30.4 Å². The van der Waals surface area contributed by atoms with Gasteiger partial charge in [0, 0.05) is 24.7 Å². The van der Waals surface area contributed by atoms with E-state index in [9.17, 15) is 4.79 Å². The van der Waals surface area contributed by atoms with Crippen molar-refractivity contribution in [2.45, 2.75) is 25.9 Å². The largest absolute Gasteiger partial charge is 0.350 e. The van der Waals surface area contributed by atoms with Gasteiger partial charge in [-0.15, -0.1) is 0 Å². The maximum atomic E-state index is 12.3. The quantitative estimate of drug-likeness (QED) is 0.891. The minimum atomic E-state index is -0.128. The molecule has 126 valence electrons. The van der Waals surface area contributed by atoms with Gasteiger partial charge >= 0.3 is 0 Å². The fraction of sp³-hybridized carbons (Fsp3) is 0.316. The molecule has 1 N–H and O–H groups in total. The molecule has 1 heterocycles. The molecule has 0 spiro atoms. The van der Waals surface area contributed by atoms with E-state index in [1.165, 1.54) is 16.7 Å². The van der Waals surface area contributed by atoms with Gasteiger partial charge in [-0.25, -0.2) is 0 Å². The van der Waals surface area contributed by atoms with Crippen LogP contribution in [0.1, 0.15) is 27.0 Å². The lowest BCUT2D eigenvalue weighted by Gasteiger charge is -2.34. The van der Waals surface area contributed by atoms with Crippen LogP contribution in [0.3, 0.4) is 0 Å². The summed E-state index contributed by atoms with van der Waals surface area (Å²) < 4.78 is 0. The fourth-order valence-electron chi connectivity index (χ4n) is 3.08. The van der Waals surface area contributed by atoms with Crippen molar-refractivity contribution in [3.8, 4) is 0 Å². The highest BCUT2D eigenvalue weighted by Crippen LogP contribution is 2.24. The molecule has 0 saturated heterocycles. The third-order valence-electron chi connectivity index (χ3n) is 4.54. The number of nitrogens with one attached hydrogen (secondary N) is 1. The smallest absolute Gasteiger partial charge is 0.251 e. The molecule has 0 aromatic heterocycles. The monoisotopic (exact) mass is 362 g/mol. The number of amides is 1. The van der Waals surface area contributed by atoms with Crippen molar-refractivity contribution >= 4 is 29.1 Å². The lowest BCUT2D eigenvalue weighted by Crippen LogP contribution is -2.45. The van der Waals surface area contributed by atoms with Crippen molar-refractivity contribution in [2.24, 2.45) is 0 Å². The number of nitrogens with zero attached hydrogens (tertiary/aromatic N) is 1. The van der Waals surface area contributed by atoms with Crippen LogP contribution in [0.5, 0.6) is 0 Å². The van der Waals surface area contributed by atoms with Gasteiger partial charge in [0.05, 0.1) is 10.0 Å². The van der Waals surface area contributed by atoms with Crippen LogP contribution in [0, 0.1) is 6.92 Å². The van der Waals surface area contributed by atoms with Gasteiger partial charge in [-0.1, -0.05) is 47.0 Å². The van der Waals surface area contributed by atoms with Gasteiger partial charge in [0.25, 0.3) is 5.91 Å². The first-order valence-corrected chi connectivity index (χ1v) is 8.71. The highest BCUT2D eigenvalue weighted by Gasteiger charge is 2.23. The number of rotatable bonds is 3. The molecule has 1 aliphatic heterocycles. The first-order chi connectivity index (χ1) is 11.4. The van der Waals surface area contributed by atoms with Gasteiger partial charge in [-0.2, -0.15) is 0 Å². The Morgan fingerprint density at radius 2 is 1.96 bits per heavy atom. The Bertz CT molecular complexity index is 776. The lowest BCUT2D eigenvalue weighted by molar-refractivity contribution is 0.0934. The minimum Gasteiger partial charge on any atom is -0.350 e. The van der Waals surface area contributed by atoms with Crippen molar-refractivity contribution < 1.29 is 4.79 Å². The summed E-state index contributed by atoms with van der Waals surface area (Å²) in [6.45, 7) is 3.62. The Balaban J connectivity index is 1.66. The topological polar surface area (TPSA) is 32.3 Å². The zero-order chi connectivity index (χ0) is 17.3. The molecule has 1 aliphatic rings. The number of hydrogen-bond acceptors (Lipinski definition) is 2. The second-order valence-corrected chi connectivity index (χ2v) is 7.20. The predicted molar refractivity (Wildman–Crippen MR) is 98.9 cm³/mol. The van der Waals surface area contributed by atoms with Crippen LogP contribution in [-0.2, 0) is 13.0 Å². The first kappa shape index (κ1) is 17.3. The van der Waals surface area contributed by atoms with E-state index in [0.717, 1.165) is 13.0 Å². The van der Waals surface area contributed by atoms with E-state index in [2.05, 4.69) is 42.4 Å². The number of halogens is 2. The summed E-state index contributed by atoms with van der Waals surface area (Å²) in [6.07, 6.45) is 0.940. The average Bonchev–Trinajstić information content (AvgIpc) is 2.55. The summed E-state index contributed by atoms with van der Waals surface area (Å²) in [4.78, 5) is 14.6. The van der Waals surface area contributed by atoms with E-state index < -0.39 is 0 Å². The lowest BCUT2D eigenvalue weighted by atomic mass is 9.93. The molecule has 24 heavy (non-hydrogen) atoms. The summed E-state index contributed by atoms with van der Waals surface area (Å²) in [5.41, 5.74) is 4.55. The normalized spacial score (nSPS) is 17.4. The van der Waals surface area contributed by atoms with E-state index >= 15 is 0 Å². The summed E-state index contributed by atoms with van der Waals surface area (Å²) in [5, 5.41) is 3.85. The van der Waals surface area contributed by atoms with Crippen LogP contribution >= 0.6 is 23.2 Å². The Morgan fingerprint density at radius 3 is 2.71 bits per heavy atom. The van der Waals surface area contributed by atoms with E-state index in [0.29, 0.717) is 22.2 Å². The number of benzene rings is 2. The molecular formula is C19H20Cl2N2O. The molecule has 0 fully saturated rings. The van der Waals surface area contributed by atoms with Crippen molar-refractivity contribution in [3.05, 3.63) is 68.7 Å². The number of hydrogen-bond donors (Lipinski definition) is 1. The van der Waals surface area contributed by atoms with E-state index in [4.69, 9.17) is 23.2 Å². The number of fused-ring (bicyclic) bond motifs is 1. The van der Waals surface area contributed by atoms with E-state index in [1.54, 1.807) is 18.2 Å². The second-order valence-electron chi connectivity index (χ2n) is 6.38. The van der Waals surface area contributed by atoms with Gasteiger partial charge in [-0.05, 0) is 49.7 Å². The van der Waals surface area contributed by atoms with Gasteiger partial charge in [0.1, 0.15) is 0 Å². The SMILES string of the molecule is Cc1ccc2c(c1)C[C@@H](CNC(=O)c1ccc(Cl)c(Cl)c1)N(C)C2. The van der Waals surface area contributed by atoms with Crippen LogP contribution in [0.2, 0.25) is 10.0 Å². The summed E-state index contributed by atoms with van der Waals surface area (Å²) >= 11 is 11.9. The van der Waals surface area contributed by atoms with Crippen molar-refractivity contribution in [3.63, 3.8) is 0 Å². The van der Waals surface area contributed by atoms with Crippen LogP contribution in [0.15, 0.2) is 36.4 Å². The number of likely N-dealkylation sites (N-methyl/N-ethyl adjacent to an activating group) is 1. The highest BCUT2D eigenvalue weighted by molar-refractivity contribution is 6.42. The van der Waals surface area contributed by atoms with Crippen LogP contribution in [0.4, 0.5) is 0 Å². The molecule has 2 aromatic rings. The standard InChI is InChI=1S/C19H20Cl2N2O/c1-12-3-4-14-11-23(2)16(8-15(14)7-12)10-22-19(24)13-5-6-17(20)18(21)9-13/h3-7,9,16H,8,10-11H2,1-2H3,(H,22,24)/t16-/m0/s1. The third kappa shape index (κ3) is 3.75. The Kier molecular flexibility index (Phi) is 5.14. The Hall–Kier alpha value is -1.55. The van der Waals surface area contributed by atoms with Gasteiger partial charge in [0.2, 0.25) is 0 Å². The molecule has 3 nitrogen and oxygen atoms in total. The Morgan fingerprint density at radius 1 is 1.17 bits per heavy atom. The van der Waals surface area contributed by atoms with Gasteiger partial charge < -0.3 is 5.32 Å². The molecule has 3 rings (SSSR count). The molecule has 2 aromatic carbocycles. The summed E-state index contributed by atoms with van der Waals surface area (Å²) in [7, 11) is 2.10.